The highest BCUT2D eigenvalue weighted by molar-refractivity contribution is 6.33. The van der Waals surface area contributed by atoms with Crippen molar-refractivity contribution in [2.75, 3.05) is 0 Å². The fraction of sp³-hybridized carbons (Fsp3) is 0. The summed E-state index contributed by atoms with van der Waals surface area (Å²) in [5.74, 6) is -0.697. The zero-order chi connectivity index (χ0) is 14.8. The van der Waals surface area contributed by atoms with Crippen molar-refractivity contribution in [1.29, 1.82) is 0 Å². The van der Waals surface area contributed by atoms with Gasteiger partial charge in [0.1, 0.15) is 0 Å². The van der Waals surface area contributed by atoms with E-state index in [1.165, 1.54) is 0 Å². The van der Waals surface area contributed by atoms with Gasteiger partial charge in [-0.2, -0.15) is 0 Å². The number of hydrogen-bond acceptors (Lipinski definition) is 3. The van der Waals surface area contributed by atoms with Crippen LogP contribution < -0.4 is 0 Å². The number of para-hydroxylation sites is 1. The lowest BCUT2D eigenvalue weighted by Crippen LogP contribution is -1.94. The van der Waals surface area contributed by atoms with Gasteiger partial charge in [-0.3, -0.25) is 4.79 Å². The molecule has 5 nitrogen and oxygen atoms in total. The van der Waals surface area contributed by atoms with Gasteiger partial charge in [0.05, 0.1) is 16.1 Å². The molecule has 0 saturated carbocycles. The first-order chi connectivity index (χ1) is 10.2. The van der Waals surface area contributed by atoms with Gasteiger partial charge >= 0.3 is 0 Å². The topological polar surface area (TPSA) is 77.8 Å². The van der Waals surface area contributed by atoms with E-state index < -0.39 is 5.91 Å². The van der Waals surface area contributed by atoms with Crippen molar-refractivity contribution < 1.29 is 9.90 Å². The lowest BCUT2D eigenvalue weighted by molar-refractivity contribution is 0.0995. The number of carbonyl (C=O) groups excluding carboxylic acids is 1. The first kappa shape index (κ1) is 13.3. The van der Waals surface area contributed by atoms with Gasteiger partial charge in [0.2, 0.25) is 5.88 Å². The molecule has 0 spiro atoms. The summed E-state index contributed by atoms with van der Waals surface area (Å²) in [5.41, 5.74) is 1.21. The summed E-state index contributed by atoms with van der Waals surface area (Å²) in [5, 5.41) is 18.3. The number of aromatic nitrogens is 1. The highest BCUT2D eigenvalue weighted by atomic mass is 35.5. The van der Waals surface area contributed by atoms with Crippen molar-refractivity contribution in [2.45, 2.75) is 0 Å². The molecular formula is C15H10ClN3O2. The van der Waals surface area contributed by atoms with Gasteiger partial charge in [0.15, 0.2) is 5.69 Å². The van der Waals surface area contributed by atoms with Crippen LogP contribution in [0.3, 0.4) is 0 Å². The molecule has 3 rings (SSSR count). The van der Waals surface area contributed by atoms with Gasteiger partial charge < -0.3 is 10.1 Å². The van der Waals surface area contributed by atoms with Crippen molar-refractivity contribution >= 4 is 34.1 Å². The summed E-state index contributed by atoms with van der Waals surface area (Å²) in [6.45, 7) is 0. The molecule has 0 aliphatic rings. The third-order valence-electron chi connectivity index (χ3n) is 3.00. The molecule has 104 valence electrons. The van der Waals surface area contributed by atoms with Crippen molar-refractivity contribution in [3.05, 3.63) is 59.1 Å². The molecule has 0 saturated heterocycles. The van der Waals surface area contributed by atoms with E-state index in [0.29, 0.717) is 15.9 Å². The Bertz CT molecular complexity index is 855. The minimum atomic E-state index is -0.565. The fourth-order valence-corrected chi connectivity index (χ4v) is 2.21. The van der Waals surface area contributed by atoms with E-state index in [2.05, 4.69) is 15.2 Å². The van der Waals surface area contributed by atoms with Crippen LogP contribution in [0.25, 0.3) is 10.9 Å². The van der Waals surface area contributed by atoms with Crippen molar-refractivity contribution in [3.63, 3.8) is 0 Å². The number of benzene rings is 2. The third-order valence-corrected chi connectivity index (χ3v) is 3.33. The molecule has 1 aromatic heterocycles. The van der Waals surface area contributed by atoms with Crippen LogP contribution in [0.4, 0.5) is 5.69 Å². The Morgan fingerprint density at radius 3 is 2.62 bits per heavy atom. The molecule has 3 aromatic rings. The second kappa shape index (κ2) is 5.38. The van der Waals surface area contributed by atoms with Crippen LogP contribution in [0.5, 0.6) is 5.88 Å². The Labute approximate surface area is 124 Å². The molecule has 0 aliphatic carbocycles. The van der Waals surface area contributed by atoms with Crippen LogP contribution in [0.15, 0.2) is 58.8 Å². The Balaban J connectivity index is 1.97. The van der Waals surface area contributed by atoms with E-state index in [4.69, 9.17) is 11.6 Å². The smallest absolute Gasteiger partial charge is 0.296 e. The molecule has 0 unspecified atom stereocenters. The molecule has 0 aliphatic heterocycles. The van der Waals surface area contributed by atoms with Crippen molar-refractivity contribution in [1.82, 2.24) is 4.98 Å². The second-order valence-corrected chi connectivity index (χ2v) is 4.76. The fourth-order valence-electron chi connectivity index (χ4n) is 2.00. The Morgan fingerprint density at radius 1 is 1.10 bits per heavy atom. The van der Waals surface area contributed by atoms with Crippen LogP contribution in [0.1, 0.15) is 10.4 Å². The summed E-state index contributed by atoms with van der Waals surface area (Å²) in [7, 11) is 0. The van der Waals surface area contributed by atoms with Gasteiger partial charge in [-0.1, -0.05) is 41.9 Å². The monoisotopic (exact) mass is 299 g/mol. The Kier molecular flexibility index (Phi) is 3.41. The van der Waals surface area contributed by atoms with E-state index in [-0.39, 0.29) is 17.1 Å². The zero-order valence-corrected chi connectivity index (χ0v) is 11.5. The van der Waals surface area contributed by atoms with Crippen LogP contribution >= 0.6 is 11.6 Å². The molecule has 1 amide bonds. The largest absolute Gasteiger partial charge is 0.493 e. The normalized spacial score (nSPS) is 11.3. The summed E-state index contributed by atoms with van der Waals surface area (Å²) < 4.78 is 0. The lowest BCUT2D eigenvalue weighted by Gasteiger charge is -1.97. The van der Waals surface area contributed by atoms with E-state index in [9.17, 15) is 9.90 Å². The number of nitrogens with zero attached hydrogens (tertiary/aromatic N) is 2. The Hall–Kier alpha value is -2.66. The van der Waals surface area contributed by atoms with Crippen LogP contribution in [0, 0.1) is 0 Å². The number of halogens is 1. The molecule has 0 radical (unpaired) electrons. The summed E-state index contributed by atoms with van der Waals surface area (Å²) in [6.07, 6.45) is 0. The first-order valence-electron chi connectivity index (χ1n) is 6.17. The van der Waals surface area contributed by atoms with Crippen molar-refractivity contribution in [2.24, 2.45) is 10.2 Å². The molecular weight excluding hydrogens is 290 g/mol. The lowest BCUT2D eigenvalue weighted by atomic mass is 10.2. The van der Waals surface area contributed by atoms with Gasteiger partial charge in [-0.15, -0.1) is 10.2 Å². The average molecular weight is 300 g/mol. The highest BCUT2D eigenvalue weighted by Crippen LogP contribution is 2.35. The molecule has 6 heteroatoms. The van der Waals surface area contributed by atoms with Gasteiger partial charge in [-0.05, 0) is 18.2 Å². The predicted molar refractivity (Wildman–Crippen MR) is 80.3 cm³/mol. The summed E-state index contributed by atoms with van der Waals surface area (Å²) >= 11 is 5.93. The number of hydrogen-bond donors (Lipinski definition) is 2. The molecule has 0 fully saturated rings. The maximum Gasteiger partial charge on any atom is 0.296 e. The second-order valence-electron chi connectivity index (χ2n) is 4.35. The SMILES string of the molecule is O=C(N=Nc1c(O)[nH]c2ccccc12)c1ccccc1Cl. The number of aromatic amines is 1. The summed E-state index contributed by atoms with van der Waals surface area (Å²) in [4.78, 5) is 14.7. The average Bonchev–Trinajstić information content (AvgIpc) is 2.81. The van der Waals surface area contributed by atoms with Gasteiger partial charge in [0, 0.05) is 5.39 Å². The van der Waals surface area contributed by atoms with E-state index in [0.717, 1.165) is 0 Å². The first-order valence-corrected chi connectivity index (χ1v) is 6.55. The standard InChI is InChI=1S/C15H10ClN3O2/c16-11-7-3-1-5-9(11)14(20)19-18-13-10-6-2-4-8-12(10)17-15(13)21/h1-8,17,21H. The number of amides is 1. The number of aromatic hydroxyl groups is 1. The maximum absolute atomic E-state index is 12.0. The number of rotatable bonds is 2. The molecule has 2 N–H and O–H groups in total. The quantitative estimate of drug-likeness (QED) is 0.686. The van der Waals surface area contributed by atoms with Crippen LogP contribution in [-0.4, -0.2) is 16.0 Å². The van der Waals surface area contributed by atoms with Gasteiger partial charge in [-0.25, -0.2) is 0 Å². The van der Waals surface area contributed by atoms with Gasteiger partial charge in [0.25, 0.3) is 5.91 Å². The molecule has 21 heavy (non-hydrogen) atoms. The minimum absolute atomic E-state index is 0.132. The van der Waals surface area contributed by atoms with Crippen LogP contribution in [-0.2, 0) is 0 Å². The number of H-pyrrole nitrogens is 1. The number of nitrogens with one attached hydrogen (secondary N) is 1. The predicted octanol–water partition coefficient (Wildman–Crippen LogP) is 4.45. The van der Waals surface area contributed by atoms with E-state index in [1.807, 2.05) is 12.1 Å². The maximum atomic E-state index is 12.0. The summed E-state index contributed by atoms with van der Waals surface area (Å²) in [6, 6.07) is 13.8. The molecule has 0 bridgehead atoms. The minimum Gasteiger partial charge on any atom is -0.493 e. The third kappa shape index (κ3) is 2.51. The number of fused-ring (bicyclic) bond motifs is 1. The molecule has 1 heterocycles. The molecule has 2 aromatic carbocycles. The zero-order valence-electron chi connectivity index (χ0n) is 10.7. The van der Waals surface area contributed by atoms with Crippen LogP contribution in [0.2, 0.25) is 5.02 Å². The number of azo groups is 1. The van der Waals surface area contributed by atoms with E-state index in [1.54, 1.807) is 36.4 Å². The highest BCUT2D eigenvalue weighted by Gasteiger charge is 2.12. The Morgan fingerprint density at radius 2 is 1.81 bits per heavy atom. The van der Waals surface area contributed by atoms with E-state index >= 15 is 0 Å². The van der Waals surface area contributed by atoms with Crippen molar-refractivity contribution in [3.8, 4) is 5.88 Å². The number of carbonyl (C=O) groups is 1. The molecule has 0 atom stereocenters.